The molecule has 0 N–H and O–H groups in total. The van der Waals surface area contributed by atoms with Gasteiger partial charge in [0.15, 0.2) is 0 Å². The fourth-order valence-corrected chi connectivity index (χ4v) is 1.07. The Bertz CT molecular complexity index is 270. The van der Waals surface area contributed by atoms with Crippen LogP contribution in [0.2, 0.25) is 0 Å². The van der Waals surface area contributed by atoms with Crippen molar-refractivity contribution in [3.8, 4) is 0 Å². The zero-order valence-corrected chi connectivity index (χ0v) is 14.9. The quantitative estimate of drug-likeness (QED) is 0.630. The smallest absolute Gasteiger partial charge is 0.308 e. The standard InChI is InChI=1S/C9H18O2.C8H16O2/c1-7(2)5-6-11-9(10)8(3)4;1-4-8(9)10-6-5-7(2)3/h7-8H,5-6H2,1-4H3;7H,4-6H2,1-3H3. The molecule has 0 aromatic heterocycles. The topological polar surface area (TPSA) is 52.6 Å². The van der Waals surface area contributed by atoms with E-state index in [9.17, 15) is 9.59 Å². The van der Waals surface area contributed by atoms with E-state index in [0.29, 0.717) is 31.5 Å². The van der Waals surface area contributed by atoms with Crippen molar-refractivity contribution in [1.29, 1.82) is 0 Å². The van der Waals surface area contributed by atoms with Crippen molar-refractivity contribution < 1.29 is 19.1 Å². The molecule has 0 radical (unpaired) electrons. The zero-order valence-electron chi connectivity index (χ0n) is 14.9. The number of carbonyl (C=O) groups is 2. The molecule has 0 atom stereocenters. The largest absolute Gasteiger partial charge is 0.466 e. The fourth-order valence-electron chi connectivity index (χ4n) is 1.07. The van der Waals surface area contributed by atoms with Gasteiger partial charge in [-0.1, -0.05) is 48.5 Å². The summed E-state index contributed by atoms with van der Waals surface area (Å²) in [6, 6.07) is 0. The van der Waals surface area contributed by atoms with Gasteiger partial charge in [0, 0.05) is 6.42 Å². The van der Waals surface area contributed by atoms with Crippen molar-refractivity contribution in [3.63, 3.8) is 0 Å². The van der Waals surface area contributed by atoms with Gasteiger partial charge in [-0.05, 0) is 24.7 Å². The Morgan fingerprint density at radius 1 is 0.810 bits per heavy atom. The number of rotatable bonds is 8. The molecule has 21 heavy (non-hydrogen) atoms. The van der Waals surface area contributed by atoms with E-state index < -0.39 is 0 Å². The molecule has 0 heterocycles. The van der Waals surface area contributed by atoms with Crippen molar-refractivity contribution in [1.82, 2.24) is 0 Å². The second-order valence-electron chi connectivity index (χ2n) is 6.26. The predicted octanol–water partition coefficient (Wildman–Crippen LogP) is 4.22. The normalized spacial score (nSPS) is 10.4. The SMILES string of the molecule is CC(C)CCOC(=O)C(C)C.CCC(=O)OCCC(C)C. The van der Waals surface area contributed by atoms with Gasteiger partial charge < -0.3 is 9.47 Å². The number of hydrogen-bond acceptors (Lipinski definition) is 4. The number of ether oxygens (including phenoxy) is 2. The molecule has 0 saturated carbocycles. The summed E-state index contributed by atoms with van der Waals surface area (Å²) in [4.78, 5) is 21.5. The Hall–Kier alpha value is -1.06. The third kappa shape index (κ3) is 18.9. The molecule has 0 bridgehead atoms. The first-order chi connectivity index (χ1) is 9.70. The molecule has 0 aliphatic carbocycles. The molecule has 4 nitrogen and oxygen atoms in total. The lowest BCUT2D eigenvalue weighted by molar-refractivity contribution is -0.147. The molecule has 0 saturated heterocycles. The molecule has 0 unspecified atom stereocenters. The minimum Gasteiger partial charge on any atom is -0.466 e. The van der Waals surface area contributed by atoms with Gasteiger partial charge in [0.05, 0.1) is 19.1 Å². The van der Waals surface area contributed by atoms with Crippen LogP contribution in [0.25, 0.3) is 0 Å². The zero-order chi connectivity index (χ0) is 16.8. The van der Waals surface area contributed by atoms with E-state index >= 15 is 0 Å². The molecule has 0 amide bonds. The Balaban J connectivity index is 0. The maximum absolute atomic E-state index is 10.9. The van der Waals surface area contributed by atoms with E-state index in [1.807, 2.05) is 13.8 Å². The molecule has 0 fully saturated rings. The van der Waals surface area contributed by atoms with E-state index in [0.717, 1.165) is 12.8 Å². The summed E-state index contributed by atoms with van der Waals surface area (Å²) < 4.78 is 9.84. The van der Waals surface area contributed by atoms with Crippen LogP contribution < -0.4 is 0 Å². The van der Waals surface area contributed by atoms with Gasteiger partial charge >= 0.3 is 11.9 Å². The predicted molar refractivity (Wildman–Crippen MR) is 86.0 cm³/mol. The van der Waals surface area contributed by atoms with Gasteiger partial charge in [0.25, 0.3) is 0 Å². The van der Waals surface area contributed by atoms with Crippen LogP contribution in [0.1, 0.15) is 67.7 Å². The van der Waals surface area contributed by atoms with E-state index in [-0.39, 0.29) is 17.9 Å². The second kappa shape index (κ2) is 13.9. The highest BCUT2D eigenvalue weighted by atomic mass is 16.5. The van der Waals surface area contributed by atoms with Crippen LogP contribution in [0, 0.1) is 17.8 Å². The Morgan fingerprint density at radius 3 is 1.57 bits per heavy atom. The molecule has 126 valence electrons. The van der Waals surface area contributed by atoms with Crippen molar-refractivity contribution in [2.45, 2.75) is 67.7 Å². The molecular formula is C17H34O4. The van der Waals surface area contributed by atoms with Gasteiger partial charge in [0.2, 0.25) is 0 Å². The van der Waals surface area contributed by atoms with Gasteiger partial charge in [-0.3, -0.25) is 9.59 Å². The second-order valence-corrected chi connectivity index (χ2v) is 6.26. The summed E-state index contributed by atoms with van der Waals surface area (Å²) in [7, 11) is 0. The average molecular weight is 302 g/mol. The first kappa shape index (κ1) is 22.2. The van der Waals surface area contributed by atoms with Crippen LogP contribution in [0.3, 0.4) is 0 Å². The van der Waals surface area contributed by atoms with Crippen molar-refractivity contribution in [3.05, 3.63) is 0 Å². The van der Waals surface area contributed by atoms with Crippen LogP contribution in [-0.2, 0) is 19.1 Å². The summed E-state index contributed by atoms with van der Waals surface area (Å²) in [5.74, 6) is 1.04. The van der Waals surface area contributed by atoms with E-state index in [1.165, 1.54) is 0 Å². The van der Waals surface area contributed by atoms with Gasteiger partial charge in [-0.15, -0.1) is 0 Å². The molecule has 0 aliphatic heterocycles. The third-order valence-corrected chi connectivity index (χ3v) is 2.66. The molecular weight excluding hydrogens is 268 g/mol. The lowest BCUT2D eigenvalue weighted by Gasteiger charge is -2.07. The highest BCUT2D eigenvalue weighted by Crippen LogP contribution is 2.02. The van der Waals surface area contributed by atoms with Gasteiger partial charge in [0.1, 0.15) is 0 Å². The Kier molecular flexibility index (Phi) is 14.7. The molecule has 0 aromatic carbocycles. The summed E-state index contributed by atoms with van der Waals surface area (Å²) in [5.41, 5.74) is 0. The molecule has 0 rings (SSSR count). The highest BCUT2D eigenvalue weighted by Gasteiger charge is 2.07. The minimum absolute atomic E-state index is 0.00200. The first-order valence-corrected chi connectivity index (χ1v) is 8.02. The van der Waals surface area contributed by atoms with Crippen LogP contribution in [-0.4, -0.2) is 25.2 Å². The summed E-state index contributed by atoms with van der Waals surface area (Å²) in [6.07, 6.45) is 2.41. The van der Waals surface area contributed by atoms with Crippen molar-refractivity contribution in [2.75, 3.05) is 13.2 Å². The maximum Gasteiger partial charge on any atom is 0.308 e. The lowest BCUT2D eigenvalue weighted by atomic mass is 10.1. The van der Waals surface area contributed by atoms with Crippen LogP contribution >= 0.6 is 0 Å². The van der Waals surface area contributed by atoms with Crippen LogP contribution in [0.15, 0.2) is 0 Å². The monoisotopic (exact) mass is 302 g/mol. The molecule has 0 spiro atoms. The summed E-state index contributed by atoms with van der Waals surface area (Å²) in [5, 5.41) is 0. The molecule has 0 aliphatic rings. The molecule has 0 aromatic rings. The Labute approximate surface area is 130 Å². The molecule has 4 heteroatoms. The van der Waals surface area contributed by atoms with Gasteiger partial charge in [-0.25, -0.2) is 0 Å². The minimum atomic E-state index is -0.0966. The maximum atomic E-state index is 10.9. The summed E-state index contributed by atoms with van der Waals surface area (Å²) >= 11 is 0. The Morgan fingerprint density at radius 2 is 1.24 bits per heavy atom. The fraction of sp³-hybridized carbons (Fsp3) is 0.882. The number of carbonyl (C=O) groups excluding carboxylic acids is 2. The number of hydrogen-bond donors (Lipinski definition) is 0. The van der Waals surface area contributed by atoms with Crippen LogP contribution in [0.5, 0.6) is 0 Å². The lowest BCUT2D eigenvalue weighted by Crippen LogP contribution is -2.13. The average Bonchev–Trinajstić information content (AvgIpc) is 2.38. The van der Waals surface area contributed by atoms with E-state index in [4.69, 9.17) is 9.47 Å². The third-order valence-electron chi connectivity index (χ3n) is 2.66. The van der Waals surface area contributed by atoms with Crippen molar-refractivity contribution in [2.24, 2.45) is 17.8 Å². The van der Waals surface area contributed by atoms with Crippen molar-refractivity contribution >= 4 is 11.9 Å². The van der Waals surface area contributed by atoms with E-state index in [1.54, 1.807) is 6.92 Å². The van der Waals surface area contributed by atoms with Crippen LogP contribution in [0.4, 0.5) is 0 Å². The van der Waals surface area contributed by atoms with Gasteiger partial charge in [-0.2, -0.15) is 0 Å². The highest BCUT2D eigenvalue weighted by molar-refractivity contribution is 5.71. The number of esters is 2. The summed E-state index contributed by atoms with van der Waals surface area (Å²) in [6.45, 7) is 15.1. The van der Waals surface area contributed by atoms with E-state index in [2.05, 4.69) is 27.7 Å². The first-order valence-electron chi connectivity index (χ1n) is 8.02.